The highest BCUT2D eigenvalue weighted by atomic mass is 16.5. The largest absolute Gasteiger partial charge is 0.454 e. The molecule has 0 radical (unpaired) electrons. The fourth-order valence-electron chi connectivity index (χ4n) is 1.85. The zero-order valence-corrected chi connectivity index (χ0v) is 10.4. The molecule has 0 bridgehead atoms. The molecule has 0 aromatic carbocycles. The zero-order chi connectivity index (χ0) is 13.9. The molecular formula is C14H10N4O2. The molecule has 20 heavy (non-hydrogen) atoms. The number of rotatable bonds is 3. The lowest BCUT2D eigenvalue weighted by atomic mass is 10.4. The van der Waals surface area contributed by atoms with Gasteiger partial charge in [0.15, 0.2) is 0 Å². The molecule has 0 saturated carbocycles. The minimum absolute atomic E-state index is 0.0847. The van der Waals surface area contributed by atoms with E-state index in [0.29, 0.717) is 11.4 Å². The number of fused-ring (bicyclic) bond motifs is 1. The van der Waals surface area contributed by atoms with E-state index in [0.717, 1.165) is 5.65 Å². The second kappa shape index (κ2) is 4.90. The first-order valence-corrected chi connectivity index (χ1v) is 5.95. The van der Waals surface area contributed by atoms with E-state index in [2.05, 4.69) is 9.97 Å². The average Bonchev–Trinajstić information content (AvgIpc) is 3.10. The summed E-state index contributed by atoms with van der Waals surface area (Å²) in [6, 6.07) is 10.6. The van der Waals surface area contributed by atoms with E-state index in [9.17, 15) is 4.79 Å². The quantitative estimate of drug-likeness (QED) is 0.734. The second-order valence-electron chi connectivity index (χ2n) is 4.17. The van der Waals surface area contributed by atoms with Gasteiger partial charge in [-0.15, -0.1) is 0 Å². The van der Waals surface area contributed by atoms with E-state index in [-0.39, 0.29) is 12.3 Å². The standard InChI is InChI=1S/C14H10N4O2/c15-7-10-4-5-12(16-10)14(19)20-9-11-8-18-6-2-1-3-13(18)17-11/h1-6,8,16H,9H2. The number of nitrogens with zero attached hydrogens (tertiary/aromatic N) is 3. The van der Waals surface area contributed by atoms with E-state index in [4.69, 9.17) is 10.00 Å². The van der Waals surface area contributed by atoms with E-state index in [1.165, 1.54) is 12.1 Å². The van der Waals surface area contributed by atoms with Crippen molar-refractivity contribution in [2.24, 2.45) is 0 Å². The molecule has 0 saturated heterocycles. The summed E-state index contributed by atoms with van der Waals surface area (Å²) in [5, 5.41) is 8.68. The third-order valence-electron chi connectivity index (χ3n) is 2.79. The summed E-state index contributed by atoms with van der Waals surface area (Å²) in [6.07, 6.45) is 3.68. The van der Waals surface area contributed by atoms with Gasteiger partial charge in [-0.2, -0.15) is 5.26 Å². The molecule has 0 amide bonds. The van der Waals surface area contributed by atoms with Gasteiger partial charge in [0, 0.05) is 12.4 Å². The summed E-state index contributed by atoms with van der Waals surface area (Å²) >= 11 is 0. The van der Waals surface area contributed by atoms with Gasteiger partial charge in [0.05, 0.1) is 5.69 Å². The number of esters is 1. The Morgan fingerprint density at radius 3 is 3.05 bits per heavy atom. The number of aromatic nitrogens is 3. The van der Waals surface area contributed by atoms with Crippen molar-refractivity contribution in [2.75, 3.05) is 0 Å². The SMILES string of the molecule is N#Cc1ccc(C(=O)OCc2cn3ccccc3n2)[nH]1. The third kappa shape index (κ3) is 2.24. The summed E-state index contributed by atoms with van der Waals surface area (Å²) in [5.41, 5.74) is 2.04. The molecule has 0 unspecified atom stereocenters. The zero-order valence-electron chi connectivity index (χ0n) is 10.4. The molecule has 1 N–H and O–H groups in total. The molecule has 0 aliphatic heterocycles. The Kier molecular flexibility index (Phi) is 2.94. The molecule has 98 valence electrons. The van der Waals surface area contributed by atoms with Gasteiger partial charge in [-0.05, 0) is 24.3 Å². The molecule has 3 heterocycles. The monoisotopic (exact) mass is 266 g/mol. The fourth-order valence-corrected chi connectivity index (χ4v) is 1.85. The maximum atomic E-state index is 11.8. The average molecular weight is 266 g/mol. The van der Waals surface area contributed by atoms with Crippen LogP contribution >= 0.6 is 0 Å². The maximum absolute atomic E-state index is 11.8. The number of nitriles is 1. The lowest BCUT2D eigenvalue weighted by Gasteiger charge is -1.99. The van der Waals surface area contributed by atoms with Crippen LogP contribution in [0.1, 0.15) is 21.9 Å². The van der Waals surface area contributed by atoms with Gasteiger partial charge < -0.3 is 14.1 Å². The summed E-state index contributed by atoms with van der Waals surface area (Å²) < 4.78 is 7.00. The molecule has 6 nitrogen and oxygen atoms in total. The number of pyridine rings is 1. The van der Waals surface area contributed by atoms with Crippen LogP contribution in [0.3, 0.4) is 0 Å². The number of imidazole rings is 1. The maximum Gasteiger partial charge on any atom is 0.355 e. The van der Waals surface area contributed by atoms with Crippen LogP contribution in [0.15, 0.2) is 42.7 Å². The predicted octanol–water partition coefficient (Wildman–Crippen LogP) is 1.89. The lowest BCUT2D eigenvalue weighted by Crippen LogP contribution is -2.05. The minimum atomic E-state index is -0.511. The Hall–Kier alpha value is -3.07. The summed E-state index contributed by atoms with van der Waals surface area (Å²) in [6.45, 7) is 0.0847. The number of carbonyl (C=O) groups is 1. The van der Waals surface area contributed by atoms with Crippen LogP contribution in [-0.4, -0.2) is 20.3 Å². The highest BCUT2D eigenvalue weighted by molar-refractivity contribution is 5.87. The molecule has 0 aliphatic carbocycles. The molecule has 0 aliphatic rings. The summed E-state index contributed by atoms with van der Waals surface area (Å²) in [5.74, 6) is -0.511. The molecule has 0 spiro atoms. The van der Waals surface area contributed by atoms with Crippen molar-refractivity contribution in [3.05, 3.63) is 59.8 Å². The molecule has 6 heteroatoms. The van der Waals surface area contributed by atoms with Crippen molar-refractivity contribution in [3.8, 4) is 6.07 Å². The van der Waals surface area contributed by atoms with Crippen molar-refractivity contribution in [3.63, 3.8) is 0 Å². The fraction of sp³-hybridized carbons (Fsp3) is 0.0714. The smallest absolute Gasteiger partial charge is 0.355 e. The molecule has 3 rings (SSSR count). The minimum Gasteiger partial charge on any atom is -0.454 e. The first kappa shape index (κ1) is 12.0. The first-order chi connectivity index (χ1) is 9.76. The van der Waals surface area contributed by atoms with E-state index < -0.39 is 5.97 Å². The van der Waals surface area contributed by atoms with Gasteiger partial charge >= 0.3 is 5.97 Å². The molecule has 3 aromatic heterocycles. The van der Waals surface area contributed by atoms with Crippen molar-refractivity contribution in [1.29, 1.82) is 5.26 Å². The number of carbonyl (C=O) groups excluding carboxylic acids is 1. The Labute approximate surface area is 114 Å². The number of ether oxygens (including phenoxy) is 1. The summed E-state index contributed by atoms with van der Waals surface area (Å²) in [7, 11) is 0. The van der Waals surface area contributed by atoms with E-state index >= 15 is 0 Å². The normalized spacial score (nSPS) is 10.3. The topological polar surface area (TPSA) is 83.2 Å². The Bertz CT molecular complexity index is 777. The van der Waals surface area contributed by atoms with Crippen molar-refractivity contribution >= 4 is 11.6 Å². The number of nitrogens with one attached hydrogen (secondary N) is 1. The Morgan fingerprint density at radius 2 is 2.30 bits per heavy atom. The number of aromatic amines is 1. The lowest BCUT2D eigenvalue weighted by molar-refractivity contribution is 0.0462. The Balaban J connectivity index is 1.69. The highest BCUT2D eigenvalue weighted by Crippen LogP contribution is 2.08. The van der Waals surface area contributed by atoms with Crippen molar-refractivity contribution in [2.45, 2.75) is 6.61 Å². The van der Waals surface area contributed by atoms with Gasteiger partial charge in [-0.3, -0.25) is 0 Å². The van der Waals surface area contributed by atoms with Gasteiger partial charge in [-0.25, -0.2) is 9.78 Å². The van der Waals surface area contributed by atoms with Crippen molar-refractivity contribution in [1.82, 2.24) is 14.4 Å². The van der Waals surface area contributed by atoms with E-state index in [1.54, 1.807) is 6.20 Å². The van der Waals surface area contributed by atoms with Crippen LogP contribution in [0.2, 0.25) is 0 Å². The van der Waals surface area contributed by atoms with Crippen LogP contribution in [-0.2, 0) is 11.3 Å². The van der Waals surface area contributed by atoms with Crippen LogP contribution in [0, 0.1) is 11.3 Å². The van der Waals surface area contributed by atoms with Crippen LogP contribution in [0.4, 0.5) is 0 Å². The van der Waals surface area contributed by atoms with Gasteiger partial charge in [0.2, 0.25) is 0 Å². The van der Waals surface area contributed by atoms with Crippen LogP contribution in [0.25, 0.3) is 5.65 Å². The first-order valence-electron chi connectivity index (χ1n) is 5.95. The Morgan fingerprint density at radius 1 is 1.40 bits per heavy atom. The van der Waals surface area contributed by atoms with Crippen LogP contribution < -0.4 is 0 Å². The number of H-pyrrole nitrogens is 1. The van der Waals surface area contributed by atoms with E-state index in [1.807, 2.05) is 34.9 Å². The third-order valence-corrected chi connectivity index (χ3v) is 2.79. The molecule has 3 aromatic rings. The number of hydrogen-bond acceptors (Lipinski definition) is 4. The van der Waals surface area contributed by atoms with Crippen molar-refractivity contribution < 1.29 is 9.53 Å². The van der Waals surface area contributed by atoms with Gasteiger partial charge in [-0.1, -0.05) is 6.07 Å². The van der Waals surface area contributed by atoms with Gasteiger partial charge in [0.1, 0.15) is 29.7 Å². The summed E-state index contributed by atoms with van der Waals surface area (Å²) in [4.78, 5) is 18.8. The molecular weight excluding hydrogens is 256 g/mol. The van der Waals surface area contributed by atoms with Gasteiger partial charge in [0.25, 0.3) is 0 Å². The second-order valence-corrected chi connectivity index (χ2v) is 4.17. The molecule has 0 fully saturated rings. The highest BCUT2D eigenvalue weighted by Gasteiger charge is 2.11. The molecule has 0 atom stereocenters. The number of hydrogen-bond donors (Lipinski definition) is 1. The predicted molar refractivity (Wildman–Crippen MR) is 69.8 cm³/mol. The van der Waals surface area contributed by atoms with Crippen LogP contribution in [0.5, 0.6) is 0 Å².